The molecule has 0 spiro atoms. The number of aromatic nitrogens is 3. The third-order valence-electron chi connectivity index (χ3n) is 5.37. The van der Waals surface area contributed by atoms with E-state index in [0.29, 0.717) is 17.3 Å². The van der Waals surface area contributed by atoms with E-state index in [1.807, 2.05) is 59.4 Å². The number of benzene rings is 2. The van der Waals surface area contributed by atoms with Crippen LogP contribution in [-0.2, 0) is 22.9 Å². The van der Waals surface area contributed by atoms with E-state index in [1.165, 1.54) is 5.56 Å². The molecule has 2 heterocycles. The van der Waals surface area contributed by atoms with Crippen molar-refractivity contribution in [3.05, 3.63) is 78.1 Å². The van der Waals surface area contributed by atoms with Gasteiger partial charge in [0.15, 0.2) is 5.82 Å². The molecule has 2 N–H and O–H groups in total. The van der Waals surface area contributed by atoms with Crippen LogP contribution in [0.15, 0.2) is 71.9 Å². The molecule has 0 unspecified atom stereocenters. The smallest absolute Gasteiger partial charge is 0.240 e. The molecular weight excluding hydrogens is 398 g/mol. The Balaban J connectivity index is 1.23. The van der Waals surface area contributed by atoms with Gasteiger partial charge in [0.2, 0.25) is 10.0 Å². The summed E-state index contributed by atoms with van der Waals surface area (Å²) in [4.78, 5) is 0.385. The fourth-order valence-electron chi connectivity index (χ4n) is 3.98. The summed E-state index contributed by atoms with van der Waals surface area (Å²) in [6, 6.07) is 17.3. The Labute approximate surface area is 174 Å². The summed E-state index contributed by atoms with van der Waals surface area (Å²) in [5.74, 6) is 1.32. The van der Waals surface area contributed by atoms with Gasteiger partial charge in [-0.1, -0.05) is 24.3 Å². The topological polar surface area (TPSA) is 88.9 Å². The van der Waals surface area contributed by atoms with Crippen molar-refractivity contribution in [2.24, 2.45) is 0 Å². The van der Waals surface area contributed by atoms with Crippen molar-refractivity contribution in [1.82, 2.24) is 19.5 Å². The number of aryl methyl sites for hydroxylation is 2. The highest BCUT2D eigenvalue weighted by Gasteiger charge is 2.24. The lowest BCUT2D eigenvalue weighted by molar-refractivity contribution is 0.582. The third kappa shape index (κ3) is 3.44. The van der Waals surface area contributed by atoms with Gasteiger partial charge in [-0.05, 0) is 65.1 Å². The van der Waals surface area contributed by atoms with E-state index in [9.17, 15) is 8.42 Å². The molecule has 0 saturated heterocycles. The summed E-state index contributed by atoms with van der Waals surface area (Å²) in [6.07, 6.45) is 5.44. The molecule has 152 valence electrons. The van der Waals surface area contributed by atoms with Crippen molar-refractivity contribution < 1.29 is 8.42 Å². The van der Waals surface area contributed by atoms with Crippen LogP contribution in [0.25, 0.3) is 16.6 Å². The lowest BCUT2D eigenvalue weighted by atomic mass is 10.1. The van der Waals surface area contributed by atoms with Gasteiger partial charge in [0, 0.05) is 25.5 Å². The standard InChI is InChI=1S/C22H21N5O2S/c28-30(29,19-9-7-17-5-3-4-16-6-8-18(19)22(16)17)24-13-12-23-20-10-11-21(26-25-20)27-14-1-2-15-27/h1-5,7,9-11,14-15,24H,6,8,12-13H2,(H,23,25). The third-order valence-corrected chi connectivity index (χ3v) is 6.92. The highest BCUT2D eigenvalue weighted by atomic mass is 32.2. The Kier molecular flexibility index (Phi) is 4.72. The molecule has 0 atom stereocenters. The zero-order chi connectivity index (χ0) is 20.6. The molecule has 2 aromatic carbocycles. The van der Waals surface area contributed by atoms with Crippen LogP contribution in [-0.4, -0.2) is 36.3 Å². The predicted molar refractivity (Wildman–Crippen MR) is 116 cm³/mol. The van der Waals surface area contributed by atoms with Gasteiger partial charge >= 0.3 is 0 Å². The summed E-state index contributed by atoms with van der Waals surface area (Å²) in [5.41, 5.74) is 2.15. The van der Waals surface area contributed by atoms with Gasteiger partial charge in [0.25, 0.3) is 0 Å². The number of anilines is 1. The van der Waals surface area contributed by atoms with Gasteiger partial charge in [-0.2, -0.15) is 0 Å². The second kappa shape index (κ2) is 7.55. The Bertz CT molecular complexity index is 1300. The Morgan fingerprint density at radius 3 is 2.57 bits per heavy atom. The summed E-state index contributed by atoms with van der Waals surface area (Å²) >= 11 is 0. The van der Waals surface area contributed by atoms with Crippen molar-refractivity contribution in [3.63, 3.8) is 0 Å². The van der Waals surface area contributed by atoms with E-state index < -0.39 is 10.0 Å². The van der Waals surface area contributed by atoms with Crippen LogP contribution in [0.3, 0.4) is 0 Å². The molecule has 0 aliphatic heterocycles. The fourth-order valence-corrected chi connectivity index (χ4v) is 5.28. The molecule has 8 heteroatoms. The van der Waals surface area contributed by atoms with E-state index in [-0.39, 0.29) is 6.54 Å². The zero-order valence-electron chi connectivity index (χ0n) is 16.2. The van der Waals surface area contributed by atoms with E-state index in [4.69, 9.17) is 0 Å². The molecule has 0 amide bonds. The highest BCUT2D eigenvalue weighted by Crippen LogP contribution is 2.34. The van der Waals surface area contributed by atoms with Crippen LogP contribution >= 0.6 is 0 Å². The van der Waals surface area contributed by atoms with Crippen LogP contribution in [0.1, 0.15) is 11.1 Å². The minimum Gasteiger partial charge on any atom is -0.367 e. The van der Waals surface area contributed by atoms with Gasteiger partial charge in [0.1, 0.15) is 5.82 Å². The minimum absolute atomic E-state index is 0.252. The summed E-state index contributed by atoms with van der Waals surface area (Å²) in [7, 11) is -3.58. The number of hydrogen-bond donors (Lipinski definition) is 2. The van der Waals surface area contributed by atoms with Crippen LogP contribution in [0.2, 0.25) is 0 Å². The quantitative estimate of drug-likeness (QED) is 0.450. The van der Waals surface area contributed by atoms with Gasteiger partial charge in [0.05, 0.1) is 4.90 Å². The second-order valence-corrected chi connectivity index (χ2v) is 8.98. The first kappa shape index (κ1) is 18.8. The molecule has 2 aromatic heterocycles. The number of sulfonamides is 1. The molecule has 0 fully saturated rings. The van der Waals surface area contributed by atoms with Gasteiger partial charge < -0.3 is 9.88 Å². The van der Waals surface area contributed by atoms with Crippen LogP contribution < -0.4 is 10.0 Å². The first-order valence-corrected chi connectivity index (χ1v) is 11.3. The molecule has 1 aliphatic rings. The first-order chi connectivity index (χ1) is 14.6. The lowest BCUT2D eigenvalue weighted by Crippen LogP contribution is -2.29. The molecule has 0 saturated carbocycles. The van der Waals surface area contributed by atoms with Crippen molar-refractivity contribution in [2.75, 3.05) is 18.4 Å². The normalized spacial score (nSPS) is 13.1. The molecule has 0 bridgehead atoms. The number of nitrogens with zero attached hydrogens (tertiary/aromatic N) is 3. The number of hydrogen-bond acceptors (Lipinski definition) is 5. The molecule has 0 radical (unpaired) electrons. The van der Waals surface area contributed by atoms with Crippen LogP contribution in [0.4, 0.5) is 5.82 Å². The molecule has 5 rings (SSSR count). The molecular formula is C22H21N5O2S. The largest absolute Gasteiger partial charge is 0.367 e. The lowest BCUT2D eigenvalue weighted by Gasteiger charge is -2.12. The van der Waals surface area contributed by atoms with Crippen molar-refractivity contribution in [3.8, 4) is 5.82 Å². The first-order valence-electron chi connectivity index (χ1n) is 9.86. The summed E-state index contributed by atoms with van der Waals surface area (Å²) in [6.45, 7) is 0.660. The molecule has 30 heavy (non-hydrogen) atoms. The molecule has 4 aromatic rings. The average Bonchev–Trinajstić information content (AvgIpc) is 3.44. The minimum atomic E-state index is -3.58. The maximum absolute atomic E-state index is 12.9. The van der Waals surface area contributed by atoms with Crippen molar-refractivity contribution >= 4 is 26.6 Å². The predicted octanol–water partition coefficient (Wildman–Crippen LogP) is 2.91. The molecule has 1 aliphatic carbocycles. The van der Waals surface area contributed by atoms with Crippen molar-refractivity contribution in [2.45, 2.75) is 17.7 Å². The average molecular weight is 420 g/mol. The number of rotatable bonds is 7. The van der Waals surface area contributed by atoms with Gasteiger partial charge in [-0.15, -0.1) is 10.2 Å². The Morgan fingerprint density at radius 1 is 0.900 bits per heavy atom. The van der Waals surface area contributed by atoms with Gasteiger partial charge in [-0.3, -0.25) is 0 Å². The SMILES string of the molecule is O=S(=O)(NCCNc1ccc(-n2cccc2)nn1)c1ccc2cccc3c2c1CC3. The summed E-state index contributed by atoms with van der Waals surface area (Å²) < 4.78 is 30.4. The van der Waals surface area contributed by atoms with Crippen molar-refractivity contribution in [1.29, 1.82) is 0 Å². The van der Waals surface area contributed by atoms with Gasteiger partial charge in [-0.25, -0.2) is 13.1 Å². The summed E-state index contributed by atoms with van der Waals surface area (Å²) in [5, 5.41) is 13.6. The maximum Gasteiger partial charge on any atom is 0.240 e. The number of nitrogens with one attached hydrogen (secondary N) is 2. The monoisotopic (exact) mass is 419 g/mol. The van der Waals surface area contributed by atoms with Crippen LogP contribution in [0.5, 0.6) is 0 Å². The maximum atomic E-state index is 12.9. The highest BCUT2D eigenvalue weighted by molar-refractivity contribution is 7.89. The van der Waals surface area contributed by atoms with E-state index in [1.54, 1.807) is 6.07 Å². The Morgan fingerprint density at radius 2 is 1.77 bits per heavy atom. The Hall–Kier alpha value is -3.23. The van der Waals surface area contributed by atoms with E-state index in [0.717, 1.165) is 35.0 Å². The second-order valence-electron chi connectivity index (χ2n) is 7.25. The van der Waals surface area contributed by atoms with Crippen LogP contribution in [0, 0.1) is 0 Å². The van der Waals surface area contributed by atoms with E-state index in [2.05, 4.69) is 26.3 Å². The molecule has 7 nitrogen and oxygen atoms in total. The van der Waals surface area contributed by atoms with E-state index >= 15 is 0 Å². The fraction of sp³-hybridized carbons (Fsp3) is 0.182. The zero-order valence-corrected chi connectivity index (χ0v) is 17.1.